The van der Waals surface area contributed by atoms with Gasteiger partial charge in [-0.15, -0.1) is 0 Å². The average Bonchev–Trinajstić information content (AvgIpc) is 2.40. The predicted molar refractivity (Wildman–Crippen MR) is 81.6 cm³/mol. The molecule has 1 aliphatic carbocycles. The number of carbonyl (C=O) groups is 1. The van der Waals surface area contributed by atoms with Gasteiger partial charge in [-0.3, -0.25) is 0 Å². The zero-order chi connectivity index (χ0) is 14.1. The summed E-state index contributed by atoms with van der Waals surface area (Å²) in [5.74, 6) is 1.46. The van der Waals surface area contributed by atoms with Crippen molar-refractivity contribution >= 4 is 17.8 Å². The smallest absolute Gasteiger partial charge is 0.315 e. The van der Waals surface area contributed by atoms with Crippen molar-refractivity contribution in [2.45, 2.75) is 57.5 Å². The molecule has 0 heterocycles. The number of aliphatic hydroxyl groups excluding tert-OH is 1. The van der Waals surface area contributed by atoms with Crippen molar-refractivity contribution in [3.8, 4) is 0 Å². The second kappa shape index (κ2) is 9.48. The molecule has 1 rings (SSSR count). The van der Waals surface area contributed by atoms with E-state index in [0.717, 1.165) is 5.75 Å². The van der Waals surface area contributed by atoms with Crippen LogP contribution in [-0.4, -0.2) is 41.8 Å². The Labute approximate surface area is 121 Å². The third kappa shape index (κ3) is 6.52. The summed E-state index contributed by atoms with van der Waals surface area (Å²) in [6, 6.07) is 0.202. The Morgan fingerprint density at radius 3 is 2.58 bits per heavy atom. The lowest BCUT2D eigenvalue weighted by Crippen LogP contribution is -2.48. The van der Waals surface area contributed by atoms with Crippen LogP contribution in [0.3, 0.4) is 0 Å². The molecule has 0 saturated heterocycles. The number of urea groups is 1. The van der Waals surface area contributed by atoms with Crippen molar-refractivity contribution in [1.29, 1.82) is 0 Å². The van der Waals surface area contributed by atoms with E-state index >= 15 is 0 Å². The van der Waals surface area contributed by atoms with Crippen LogP contribution in [0.4, 0.5) is 4.79 Å². The molecule has 2 atom stereocenters. The SMILES string of the molecule is CSCC(CCO)NC(=O)NC(C)C1CCCCC1. The molecule has 2 unspecified atom stereocenters. The highest BCUT2D eigenvalue weighted by molar-refractivity contribution is 7.98. The minimum Gasteiger partial charge on any atom is -0.396 e. The van der Waals surface area contributed by atoms with E-state index in [9.17, 15) is 4.79 Å². The van der Waals surface area contributed by atoms with Gasteiger partial charge in [-0.25, -0.2) is 4.79 Å². The van der Waals surface area contributed by atoms with E-state index in [1.165, 1.54) is 32.1 Å². The second-order valence-corrected chi connectivity index (χ2v) is 6.38. The van der Waals surface area contributed by atoms with Crippen LogP contribution >= 0.6 is 11.8 Å². The van der Waals surface area contributed by atoms with Gasteiger partial charge in [0.25, 0.3) is 0 Å². The van der Waals surface area contributed by atoms with Crippen LogP contribution in [0.1, 0.15) is 45.4 Å². The largest absolute Gasteiger partial charge is 0.396 e. The maximum Gasteiger partial charge on any atom is 0.315 e. The third-order valence-corrected chi connectivity index (χ3v) is 4.63. The number of carbonyl (C=O) groups excluding carboxylic acids is 1. The lowest BCUT2D eigenvalue weighted by Gasteiger charge is -2.29. The lowest BCUT2D eigenvalue weighted by molar-refractivity contribution is 0.218. The second-order valence-electron chi connectivity index (χ2n) is 5.47. The zero-order valence-electron chi connectivity index (χ0n) is 12.2. The fourth-order valence-corrected chi connectivity index (χ4v) is 3.39. The molecule has 0 spiro atoms. The summed E-state index contributed by atoms with van der Waals surface area (Å²) in [5.41, 5.74) is 0. The van der Waals surface area contributed by atoms with Gasteiger partial charge in [0.1, 0.15) is 0 Å². The Kier molecular flexibility index (Phi) is 8.30. The number of aliphatic hydroxyl groups is 1. The molecule has 1 fully saturated rings. The van der Waals surface area contributed by atoms with Crippen LogP contribution in [0.25, 0.3) is 0 Å². The van der Waals surface area contributed by atoms with E-state index in [1.54, 1.807) is 11.8 Å². The molecule has 0 radical (unpaired) electrons. The molecule has 4 nitrogen and oxygen atoms in total. The van der Waals surface area contributed by atoms with E-state index < -0.39 is 0 Å². The monoisotopic (exact) mass is 288 g/mol. The van der Waals surface area contributed by atoms with Crippen molar-refractivity contribution in [2.75, 3.05) is 18.6 Å². The first kappa shape index (κ1) is 16.6. The van der Waals surface area contributed by atoms with Gasteiger partial charge in [0.15, 0.2) is 0 Å². The number of thioether (sulfide) groups is 1. The predicted octanol–water partition coefficient (Wildman–Crippen LogP) is 2.37. The van der Waals surface area contributed by atoms with Crippen LogP contribution in [-0.2, 0) is 0 Å². The molecule has 3 N–H and O–H groups in total. The Bertz CT molecular complexity index is 252. The highest BCUT2D eigenvalue weighted by Gasteiger charge is 2.22. The minimum absolute atomic E-state index is 0.0542. The number of amides is 2. The third-order valence-electron chi connectivity index (χ3n) is 3.90. The van der Waals surface area contributed by atoms with Gasteiger partial charge in [0.2, 0.25) is 0 Å². The van der Waals surface area contributed by atoms with Crippen molar-refractivity contribution < 1.29 is 9.90 Å². The first-order valence-corrected chi connectivity index (χ1v) is 8.73. The average molecular weight is 288 g/mol. The quantitative estimate of drug-likeness (QED) is 0.674. The highest BCUT2D eigenvalue weighted by atomic mass is 32.2. The summed E-state index contributed by atoms with van der Waals surface area (Å²) in [6.45, 7) is 2.22. The molecular formula is C14H28N2O2S. The van der Waals surface area contributed by atoms with Gasteiger partial charge in [0.05, 0.1) is 0 Å². The minimum atomic E-state index is -0.0921. The van der Waals surface area contributed by atoms with Crippen molar-refractivity contribution in [1.82, 2.24) is 10.6 Å². The van der Waals surface area contributed by atoms with Crippen LogP contribution in [0, 0.1) is 5.92 Å². The Balaban J connectivity index is 2.31. The van der Waals surface area contributed by atoms with Crippen molar-refractivity contribution in [2.24, 2.45) is 5.92 Å². The molecular weight excluding hydrogens is 260 g/mol. The molecule has 5 heteroatoms. The number of rotatable bonds is 7. The molecule has 0 bridgehead atoms. The molecule has 19 heavy (non-hydrogen) atoms. The van der Waals surface area contributed by atoms with Gasteiger partial charge in [0, 0.05) is 24.4 Å². The summed E-state index contributed by atoms with van der Waals surface area (Å²) in [7, 11) is 0. The molecule has 0 aliphatic heterocycles. The summed E-state index contributed by atoms with van der Waals surface area (Å²) < 4.78 is 0. The van der Waals surface area contributed by atoms with Crippen molar-refractivity contribution in [3.63, 3.8) is 0 Å². The van der Waals surface area contributed by atoms with Crippen molar-refractivity contribution in [3.05, 3.63) is 0 Å². The van der Waals surface area contributed by atoms with Crippen LogP contribution in [0.2, 0.25) is 0 Å². The lowest BCUT2D eigenvalue weighted by atomic mass is 9.85. The van der Waals surface area contributed by atoms with E-state index in [4.69, 9.17) is 5.11 Å². The molecule has 0 aromatic carbocycles. The van der Waals surface area contributed by atoms with Crippen LogP contribution in [0.5, 0.6) is 0 Å². The molecule has 1 saturated carbocycles. The normalized spacial score (nSPS) is 19.7. The van der Waals surface area contributed by atoms with E-state index in [0.29, 0.717) is 12.3 Å². The summed E-state index contributed by atoms with van der Waals surface area (Å²) in [5, 5.41) is 15.0. The maximum absolute atomic E-state index is 11.9. The molecule has 2 amide bonds. The Hall–Kier alpha value is -0.420. The molecule has 1 aliphatic rings. The number of hydrogen-bond acceptors (Lipinski definition) is 3. The van der Waals surface area contributed by atoms with E-state index in [-0.39, 0.29) is 24.7 Å². The van der Waals surface area contributed by atoms with E-state index in [2.05, 4.69) is 17.6 Å². The Morgan fingerprint density at radius 2 is 2.00 bits per heavy atom. The Morgan fingerprint density at radius 1 is 1.32 bits per heavy atom. The zero-order valence-corrected chi connectivity index (χ0v) is 13.0. The molecule has 112 valence electrons. The number of nitrogens with one attached hydrogen (secondary N) is 2. The van der Waals surface area contributed by atoms with E-state index in [1.807, 2.05) is 6.26 Å². The summed E-state index contributed by atoms with van der Waals surface area (Å²) in [4.78, 5) is 11.9. The topological polar surface area (TPSA) is 61.4 Å². The number of hydrogen-bond donors (Lipinski definition) is 3. The summed E-state index contributed by atoms with van der Waals surface area (Å²) in [6.07, 6.45) is 9.00. The fraction of sp³-hybridized carbons (Fsp3) is 0.929. The standard InChI is InChI=1S/C14H28N2O2S/c1-11(12-6-4-3-5-7-12)15-14(18)16-13(8-9-17)10-19-2/h11-13,17H,3-10H2,1-2H3,(H2,15,16,18). The summed E-state index contributed by atoms with van der Waals surface area (Å²) >= 11 is 1.69. The van der Waals surface area contributed by atoms with Gasteiger partial charge >= 0.3 is 6.03 Å². The fourth-order valence-electron chi connectivity index (χ4n) is 2.74. The van der Waals surface area contributed by atoms with Gasteiger partial charge in [-0.05, 0) is 38.4 Å². The maximum atomic E-state index is 11.9. The first-order valence-electron chi connectivity index (χ1n) is 7.34. The molecule has 0 aromatic rings. The van der Waals surface area contributed by atoms with Crippen LogP contribution in [0.15, 0.2) is 0 Å². The van der Waals surface area contributed by atoms with Crippen LogP contribution < -0.4 is 10.6 Å². The van der Waals surface area contributed by atoms with Gasteiger partial charge in [-0.1, -0.05) is 19.3 Å². The van der Waals surface area contributed by atoms with Gasteiger partial charge in [-0.2, -0.15) is 11.8 Å². The first-order chi connectivity index (χ1) is 9.17. The molecule has 0 aromatic heterocycles. The highest BCUT2D eigenvalue weighted by Crippen LogP contribution is 2.26. The van der Waals surface area contributed by atoms with Gasteiger partial charge < -0.3 is 15.7 Å².